The van der Waals surface area contributed by atoms with Crippen molar-refractivity contribution < 1.29 is 13.2 Å². The average Bonchev–Trinajstić information content (AvgIpc) is 2.35. The van der Waals surface area contributed by atoms with Gasteiger partial charge in [-0.1, -0.05) is 30.7 Å². The molecule has 1 rings (SSSR count). The molecule has 0 aromatic heterocycles. The lowest BCUT2D eigenvalue weighted by Gasteiger charge is -2.14. The Morgan fingerprint density at radius 2 is 2.00 bits per heavy atom. The van der Waals surface area contributed by atoms with Crippen molar-refractivity contribution in [3.63, 3.8) is 0 Å². The Hall–Kier alpha value is -1.11. The number of benzene rings is 1. The third-order valence-corrected chi connectivity index (χ3v) is 4.44. The molecule has 5 nitrogen and oxygen atoms in total. The van der Waals surface area contributed by atoms with E-state index in [1.165, 1.54) is 19.1 Å². The number of hydrogen-bond acceptors (Lipinski definition) is 3. The highest BCUT2D eigenvalue weighted by atomic mass is 35.5. The number of hydrogen-bond donors (Lipinski definition) is 2. The normalized spacial score (nSPS) is 13.0. The molecule has 106 valence electrons. The van der Waals surface area contributed by atoms with Gasteiger partial charge in [-0.05, 0) is 25.5 Å². The van der Waals surface area contributed by atoms with Crippen molar-refractivity contribution in [1.82, 2.24) is 10.0 Å². The van der Waals surface area contributed by atoms with Crippen LogP contribution in [0.2, 0.25) is 5.02 Å². The van der Waals surface area contributed by atoms with Crippen molar-refractivity contribution in [2.75, 3.05) is 6.54 Å². The second kappa shape index (κ2) is 6.88. The summed E-state index contributed by atoms with van der Waals surface area (Å²) in [5.41, 5.74) is 0. The number of carbonyl (C=O) groups is 1. The molecule has 0 bridgehead atoms. The molecule has 1 aromatic rings. The van der Waals surface area contributed by atoms with E-state index in [1.54, 1.807) is 12.1 Å². The summed E-state index contributed by atoms with van der Waals surface area (Å²) >= 11 is 5.84. The molecule has 0 heterocycles. The Bertz CT molecular complexity index is 546. The topological polar surface area (TPSA) is 75.3 Å². The number of rotatable bonds is 6. The van der Waals surface area contributed by atoms with Gasteiger partial charge in [0.15, 0.2) is 0 Å². The number of halogens is 1. The van der Waals surface area contributed by atoms with Gasteiger partial charge >= 0.3 is 0 Å². The van der Waals surface area contributed by atoms with Crippen LogP contribution in [-0.2, 0) is 14.8 Å². The van der Waals surface area contributed by atoms with E-state index >= 15 is 0 Å². The molecule has 1 aromatic carbocycles. The highest BCUT2D eigenvalue weighted by Crippen LogP contribution is 2.20. The van der Waals surface area contributed by atoms with Gasteiger partial charge in [0.25, 0.3) is 0 Å². The Morgan fingerprint density at radius 3 is 2.58 bits per heavy atom. The zero-order valence-electron chi connectivity index (χ0n) is 10.8. The summed E-state index contributed by atoms with van der Waals surface area (Å²) in [4.78, 5) is 11.6. The predicted molar refractivity (Wildman–Crippen MR) is 74.5 cm³/mol. The Balaban J connectivity index is 2.81. The van der Waals surface area contributed by atoms with Crippen LogP contribution in [0.15, 0.2) is 29.2 Å². The Kier molecular flexibility index (Phi) is 5.78. The molecular weight excluding hydrogens is 288 g/mol. The molecule has 0 aliphatic carbocycles. The maximum atomic E-state index is 12.1. The average molecular weight is 305 g/mol. The lowest BCUT2D eigenvalue weighted by Crippen LogP contribution is -2.44. The van der Waals surface area contributed by atoms with Crippen LogP contribution in [0, 0.1) is 0 Å². The summed E-state index contributed by atoms with van der Waals surface area (Å²) in [6, 6.07) is 5.23. The fourth-order valence-electron chi connectivity index (χ4n) is 1.41. The molecule has 0 fully saturated rings. The first-order chi connectivity index (χ1) is 8.88. The fraction of sp³-hybridized carbons (Fsp3) is 0.417. The van der Waals surface area contributed by atoms with Gasteiger partial charge in [-0.3, -0.25) is 4.79 Å². The van der Waals surface area contributed by atoms with Gasteiger partial charge in [-0.15, -0.1) is 0 Å². The molecule has 0 saturated heterocycles. The minimum Gasteiger partial charge on any atom is -0.355 e. The van der Waals surface area contributed by atoms with Crippen molar-refractivity contribution in [2.24, 2.45) is 0 Å². The van der Waals surface area contributed by atoms with Crippen LogP contribution in [0.1, 0.15) is 20.3 Å². The van der Waals surface area contributed by atoms with E-state index in [-0.39, 0.29) is 15.8 Å². The Morgan fingerprint density at radius 1 is 1.37 bits per heavy atom. The molecule has 0 saturated carbocycles. The predicted octanol–water partition coefficient (Wildman–Crippen LogP) is 1.53. The van der Waals surface area contributed by atoms with Crippen LogP contribution >= 0.6 is 11.6 Å². The molecule has 7 heteroatoms. The van der Waals surface area contributed by atoms with Gasteiger partial charge in [-0.25, -0.2) is 8.42 Å². The minimum absolute atomic E-state index is 0.0354. The number of carbonyl (C=O) groups excluding carboxylic acids is 1. The molecule has 0 spiro atoms. The van der Waals surface area contributed by atoms with E-state index in [2.05, 4.69) is 10.0 Å². The molecule has 2 N–H and O–H groups in total. The molecule has 1 atom stereocenters. The van der Waals surface area contributed by atoms with Crippen LogP contribution in [0.4, 0.5) is 0 Å². The summed E-state index contributed by atoms with van der Waals surface area (Å²) < 4.78 is 26.4. The van der Waals surface area contributed by atoms with E-state index in [4.69, 9.17) is 11.6 Å². The van der Waals surface area contributed by atoms with Gasteiger partial charge in [0.1, 0.15) is 4.90 Å². The summed E-state index contributed by atoms with van der Waals surface area (Å²) in [6.07, 6.45) is 0.787. The summed E-state index contributed by atoms with van der Waals surface area (Å²) in [6.45, 7) is 3.91. The fourth-order valence-corrected chi connectivity index (χ4v) is 3.14. The van der Waals surface area contributed by atoms with Crippen LogP contribution in [0.25, 0.3) is 0 Å². The third kappa shape index (κ3) is 4.49. The van der Waals surface area contributed by atoms with Crippen LogP contribution < -0.4 is 10.0 Å². The van der Waals surface area contributed by atoms with Crippen molar-refractivity contribution in [2.45, 2.75) is 31.2 Å². The molecular formula is C12H17ClN2O3S. The van der Waals surface area contributed by atoms with Crippen LogP contribution in [0.3, 0.4) is 0 Å². The SMILES string of the molecule is CCCNC(=O)[C@H](C)NS(=O)(=O)c1ccccc1Cl. The lowest BCUT2D eigenvalue weighted by molar-refractivity contribution is -0.122. The zero-order chi connectivity index (χ0) is 14.5. The first-order valence-corrected chi connectivity index (χ1v) is 7.79. The molecule has 0 aliphatic heterocycles. The van der Waals surface area contributed by atoms with E-state index in [0.717, 1.165) is 6.42 Å². The minimum atomic E-state index is -3.80. The van der Waals surface area contributed by atoms with E-state index in [1.807, 2.05) is 6.92 Å². The monoisotopic (exact) mass is 304 g/mol. The van der Waals surface area contributed by atoms with Gasteiger partial charge in [0, 0.05) is 6.54 Å². The summed E-state index contributed by atoms with van der Waals surface area (Å²) in [5.74, 6) is -0.363. The Labute approximate surface area is 118 Å². The smallest absolute Gasteiger partial charge is 0.242 e. The molecule has 19 heavy (non-hydrogen) atoms. The first-order valence-electron chi connectivity index (χ1n) is 5.93. The number of nitrogens with one attached hydrogen (secondary N) is 2. The van der Waals surface area contributed by atoms with E-state index < -0.39 is 16.1 Å². The van der Waals surface area contributed by atoms with Gasteiger partial charge in [0.2, 0.25) is 15.9 Å². The largest absolute Gasteiger partial charge is 0.355 e. The van der Waals surface area contributed by atoms with Crippen molar-refractivity contribution in [3.05, 3.63) is 29.3 Å². The van der Waals surface area contributed by atoms with Gasteiger partial charge < -0.3 is 5.32 Å². The standard InChI is InChI=1S/C12H17ClN2O3S/c1-3-8-14-12(16)9(2)15-19(17,18)11-7-5-4-6-10(11)13/h4-7,9,15H,3,8H2,1-2H3,(H,14,16)/t9-/m0/s1. The highest BCUT2D eigenvalue weighted by molar-refractivity contribution is 7.89. The third-order valence-electron chi connectivity index (χ3n) is 2.40. The van der Waals surface area contributed by atoms with Gasteiger partial charge in [0.05, 0.1) is 11.1 Å². The van der Waals surface area contributed by atoms with Crippen molar-refractivity contribution in [3.8, 4) is 0 Å². The van der Waals surface area contributed by atoms with Crippen molar-refractivity contribution in [1.29, 1.82) is 0 Å². The highest BCUT2D eigenvalue weighted by Gasteiger charge is 2.23. The summed E-state index contributed by atoms with van der Waals surface area (Å²) in [5, 5.41) is 2.74. The molecule has 0 aliphatic rings. The zero-order valence-corrected chi connectivity index (χ0v) is 12.4. The molecule has 0 radical (unpaired) electrons. The van der Waals surface area contributed by atoms with Crippen LogP contribution in [0.5, 0.6) is 0 Å². The lowest BCUT2D eigenvalue weighted by atomic mass is 10.3. The molecule has 1 amide bonds. The quantitative estimate of drug-likeness (QED) is 0.837. The van der Waals surface area contributed by atoms with Crippen LogP contribution in [-0.4, -0.2) is 26.9 Å². The number of amides is 1. The second-order valence-electron chi connectivity index (χ2n) is 4.06. The second-order valence-corrected chi connectivity index (χ2v) is 6.15. The van der Waals surface area contributed by atoms with E-state index in [9.17, 15) is 13.2 Å². The molecule has 0 unspecified atom stereocenters. The van der Waals surface area contributed by atoms with Crippen molar-refractivity contribution >= 4 is 27.5 Å². The summed E-state index contributed by atoms with van der Waals surface area (Å²) in [7, 11) is -3.80. The first kappa shape index (κ1) is 15.9. The number of sulfonamides is 1. The van der Waals surface area contributed by atoms with E-state index in [0.29, 0.717) is 6.54 Å². The van der Waals surface area contributed by atoms with Gasteiger partial charge in [-0.2, -0.15) is 4.72 Å². The maximum Gasteiger partial charge on any atom is 0.242 e. The maximum absolute atomic E-state index is 12.1.